The molecular weight excluding hydrogens is 248 g/mol. The quantitative estimate of drug-likeness (QED) is 0.771. The maximum absolute atomic E-state index is 11.6. The third-order valence-corrected chi connectivity index (χ3v) is 2.77. The summed E-state index contributed by atoms with van der Waals surface area (Å²) in [6, 6.07) is 6.40. The number of aliphatic hydroxyl groups is 1. The summed E-state index contributed by atoms with van der Waals surface area (Å²) < 4.78 is -0.0683. The number of rotatable bonds is 0. The van der Waals surface area contributed by atoms with Gasteiger partial charge in [-0.05, 0) is 15.9 Å². The zero-order valence-corrected chi connectivity index (χ0v) is 8.54. The number of carbonyl (C=O) groups is 2. The minimum absolute atomic E-state index is 0.0683. The Labute approximate surface area is 88.2 Å². The van der Waals surface area contributed by atoms with Crippen LogP contribution in [-0.4, -0.2) is 16.7 Å². The summed E-state index contributed by atoms with van der Waals surface area (Å²) in [6.07, 6.45) is 0. The first kappa shape index (κ1) is 9.15. The smallest absolute Gasteiger partial charge is 0.229 e. The number of Topliss-reactive ketones (excluding diaryl/α,β-unsaturated/α-hetero) is 2. The largest absolute Gasteiger partial charge is 0.503 e. The topological polar surface area (TPSA) is 54.4 Å². The molecular formula is C10H5BrO3. The molecule has 2 rings (SSSR count). The molecule has 14 heavy (non-hydrogen) atoms. The van der Waals surface area contributed by atoms with E-state index in [0.717, 1.165) is 0 Å². The molecule has 0 heterocycles. The molecule has 70 valence electrons. The van der Waals surface area contributed by atoms with E-state index < -0.39 is 11.5 Å². The highest BCUT2D eigenvalue weighted by Gasteiger charge is 2.30. The fourth-order valence-electron chi connectivity index (χ4n) is 1.33. The summed E-state index contributed by atoms with van der Waals surface area (Å²) in [5, 5.41) is 9.33. The van der Waals surface area contributed by atoms with Crippen LogP contribution in [0.2, 0.25) is 0 Å². The number of ketones is 2. The monoisotopic (exact) mass is 252 g/mol. The second-order valence-corrected chi connectivity index (χ2v) is 3.66. The summed E-state index contributed by atoms with van der Waals surface area (Å²) in [5.41, 5.74) is 0.570. The Morgan fingerprint density at radius 1 is 1.00 bits per heavy atom. The first-order valence-corrected chi connectivity index (χ1v) is 4.69. The van der Waals surface area contributed by atoms with Gasteiger partial charge in [-0.3, -0.25) is 9.59 Å². The molecule has 0 saturated carbocycles. The van der Waals surface area contributed by atoms with Crippen LogP contribution >= 0.6 is 15.9 Å². The molecule has 0 amide bonds. The molecule has 4 heteroatoms. The second-order valence-electron chi connectivity index (χ2n) is 2.87. The van der Waals surface area contributed by atoms with Gasteiger partial charge in [0, 0.05) is 11.1 Å². The molecule has 1 aromatic rings. The maximum Gasteiger partial charge on any atom is 0.229 e. The Bertz CT molecular complexity index is 431. The molecule has 1 N–H and O–H groups in total. The second kappa shape index (κ2) is 3.06. The van der Waals surface area contributed by atoms with Gasteiger partial charge in [0.05, 0.1) is 0 Å². The molecule has 0 radical (unpaired) electrons. The summed E-state index contributed by atoms with van der Waals surface area (Å²) >= 11 is 2.89. The van der Waals surface area contributed by atoms with E-state index in [-0.39, 0.29) is 15.8 Å². The highest BCUT2D eigenvalue weighted by Crippen LogP contribution is 2.27. The zero-order valence-electron chi connectivity index (χ0n) is 6.95. The SMILES string of the molecule is O=C1C(O)=C(Br)C(=O)c2ccccc21. The molecule has 1 aliphatic carbocycles. The number of carbonyl (C=O) groups excluding carboxylic acids is 2. The number of hydrogen-bond acceptors (Lipinski definition) is 3. The van der Waals surface area contributed by atoms with Crippen molar-refractivity contribution < 1.29 is 14.7 Å². The molecule has 0 fully saturated rings. The molecule has 1 aliphatic rings. The van der Waals surface area contributed by atoms with Gasteiger partial charge in [-0.1, -0.05) is 24.3 Å². The number of fused-ring (bicyclic) bond motifs is 1. The lowest BCUT2D eigenvalue weighted by molar-refractivity contribution is 0.0937. The Morgan fingerprint density at radius 3 is 2.07 bits per heavy atom. The molecule has 0 aromatic heterocycles. The van der Waals surface area contributed by atoms with Crippen LogP contribution in [0.25, 0.3) is 0 Å². The summed E-state index contributed by atoms with van der Waals surface area (Å²) in [5.74, 6) is -1.40. The van der Waals surface area contributed by atoms with Crippen molar-refractivity contribution in [2.24, 2.45) is 0 Å². The lowest BCUT2D eigenvalue weighted by Gasteiger charge is -2.13. The lowest BCUT2D eigenvalue weighted by Crippen LogP contribution is -2.19. The van der Waals surface area contributed by atoms with Crippen molar-refractivity contribution in [1.82, 2.24) is 0 Å². The van der Waals surface area contributed by atoms with Gasteiger partial charge in [-0.25, -0.2) is 0 Å². The Hall–Kier alpha value is -1.42. The fraction of sp³-hybridized carbons (Fsp3) is 0. The van der Waals surface area contributed by atoms with Crippen molar-refractivity contribution >= 4 is 27.5 Å². The number of benzene rings is 1. The predicted octanol–water partition coefficient (Wildman–Crippen LogP) is 2.23. The van der Waals surface area contributed by atoms with Crippen LogP contribution in [0, 0.1) is 0 Å². The van der Waals surface area contributed by atoms with Gasteiger partial charge in [0.2, 0.25) is 11.6 Å². The summed E-state index contributed by atoms with van der Waals surface area (Å²) in [6.45, 7) is 0. The van der Waals surface area contributed by atoms with E-state index in [2.05, 4.69) is 15.9 Å². The molecule has 0 bridgehead atoms. The van der Waals surface area contributed by atoms with Crippen LogP contribution in [0.5, 0.6) is 0 Å². The van der Waals surface area contributed by atoms with Gasteiger partial charge < -0.3 is 5.11 Å². The van der Waals surface area contributed by atoms with Gasteiger partial charge in [0.1, 0.15) is 4.48 Å². The van der Waals surface area contributed by atoms with Gasteiger partial charge in [0.15, 0.2) is 5.76 Å². The van der Waals surface area contributed by atoms with E-state index in [1.165, 1.54) is 6.07 Å². The van der Waals surface area contributed by atoms with E-state index in [9.17, 15) is 14.7 Å². The van der Waals surface area contributed by atoms with E-state index >= 15 is 0 Å². The minimum Gasteiger partial charge on any atom is -0.503 e. The van der Waals surface area contributed by atoms with Crippen molar-refractivity contribution in [2.45, 2.75) is 0 Å². The average molecular weight is 253 g/mol. The molecule has 3 nitrogen and oxygen atoms in total. The molecule has 0 saturated heterocycles. The summed E-state index contributed by atoms with van der Waals surface area (Å²) in [7, 11) is 0. The van der Waals surface area contributed by atoms with E-state index in [0.29, 0.717) is 5.56 Å². The highest BCUT2D eigenvalue weighted by molar-refractivity contribution is 9.12. The Morgan fingerprint density at radius 2 is 1.50 bits per heavy atom. The average Bonchev–Trinajstić information content (AvgIpc) is 2.23. The van der Waals surface area contributed by atoms with Crippen molar-refractivity contribution in [3.8, 4) is 0 Å². The number of aliphatic hydroxyl groups excluding tert-OH is 1. The molecule has 0 spiro atoms. The number of hydrogen-bond donors (Lipinski definition) is 1. The van der Waals surface area contributed by atoms with Crippen molar-refractivity contribution in [2.75, 3.05) is 0 Å². The third kappa shape index (κ3) is 1.11. The van der Waals surface area contributed by atoms with Crippen LogP contribution in [0.4, 0.5) is 0 Å². The fourth-order valence-corrected chi connectivity index (χ4v) is 1.73. The molecule has 0 atom stereocenters. The van der Waals surface area contributed by atoms with Crippen LogP contribution in [0.15, 0.2) is 34.5 Å². The van der Waals surface area contributed by atoms with Crippen molar-refractivity contribution in [3.63, 3.8) is 0 Å². The number of allylic oxidation sites excluding steroid dienone is 2. The zero-order chi connectivity index (χ0) is 10.3. The van der Waals surface area contributed by atoms with Crippen molar-refractivity contribution in [3.05, 3.63) is 45.6 Å². The molecule has 1 aromatic carbocycles. The predicted molar refractivity (Wildman–Crippen MR) is 53.7 cm³/mol. The van der Waals surface area contributed by atoms with Crippen molar-refractivity contribution in [1.29, 1.82) is 0 Å². The lowest BCUT2D eigenvalue weighted by atomic mass is 9.94. The maximum atomic E-state index is 11.6. The first-order valence-electron chi connectivity index (χ1n) is 3.90. The van der Waals surface area contributed by atoms with E-state index in [1.54, 1.807) is 18.2 Å². The van der Waals surface area contributed by atoms with Gasteiger partial charge in [-0.15, -0.1) is 0 Å². The number of halogens is 1. The Kier molecular flexibility index (Phi) is 2.00. The standard InChI is InChI=1S/C10H5BrO3/c11-7-8(12)5-3-1-2-4-6(5)9(13)10(7)14/h1-4,14H. The minimum atomic E-state index is -0.521. The van der Waals surface area contributed by atoms with Crippen LogP contribution in [-0.2, 0) is 0 Å². The summed E-state index contributed by atoms with van der Waals surface area (Å²) in [4.78, 5) is 23.0. The third-order valence-electron chi connectivity index (χ3n) is 2.04. The van der Waals surface area contributed by atoms with E-state index in [4.69, 9.17) is 0 Å². The van der Waals surface area contributed by atoms with Crippen LogP contribution in [0.1, 0.15) is 20.7 Å². The van der Waals surface area contributed by atoms with Crippen LogP contribution in [0.3, 0.4) is 0 Å². The first-order chi connectivity index (χ1) is 6.63. The van der Waals surface area contributed by atoms with Gasteiger partial charge >= 0.3 is 0 Å². The van der Waals surface area contributed by atoms with Gasteiger partial charge in [0.25, 0.3) is 0 Å². The Balaban J connectivity index is 2.73. The van der Waals surface area contributed by atoms with Gasteiger partial charge in [-0.2, -0.15) is 0 Å². The molecule has 0 aliphatic heterocycles. The normalized spacial score (nSPS) is 15.8. The van der Waals surface area contributed by atoms with E-state index in [1.807, 2.05) is 0 Å². The van der Waals surface area contributed by atoms with Crippen LogP contribution < -0.4 is 0 Å². The highest BCUT2D eigenvalue weighted by atomic mass is 79.9. The molecule has 0 unspecified atom stereocenters.